The van der Waals surface area contributed by atoms with Gasteiger partial charge in [-0.2, -0.15) is 0 Å². The van der Waals surface area contributed by atoms with Gasteiger partial charge in [-0.3, -0.25) is 15.2 Å². The number of likely N-dealkylation sites (N-methyl/N-ethyl adjacent to an activating group) is 1. The number of rotatable bonds is 1. The summed E-state index contributed by atoms with van der Waals surface area (Å²) in [5.41, 5.74) is 0.270. The maximum Gasteiger partial charge on any atom is 0.0581 e. The molecule has 5 unspecified atom stereocenters. The Labute approximate surface area is 128 Å². The number of fused-ring (bicyclic) bond motifs is 3. The van der Waals surface area contributed by atoms with E-state index in [1.54, 1.807) is 0 Å². The average molecular weight is 287 g/mol. The molecule has 0 spiro atoms. The molecular formula is C18H29N3. The van der Waals surface area contributed by atoms with Gasteiger partial charge < -0.3 is 0 Å². The van der Waals surface area contributed by atoms with Crippen molar-refractivity contribution in [1.29, 1.82) is 0 Å². The van der Waals surface area contributed by atoms with Crippen LogP contribution in [0.3, 0.4) is 0 Å². The lowest BCUT2D eigenvalue weighted by molar-refractivity contribution is 0.0463. The van der Waals surface area contributed by atoms with Crippen LogP contribution in [0, 0.1) is 11.8 Å². The largest absolute Gasteiger partial charge is 0.294 e. The summed E-state index contributed by atoms with van der Waals surface area (Å²) in [6.45, 7) is 2.34. The molecule has 4 rings (SSSR count). The Hall–Kier alpha value is -0.670. The van der Waals surface area contributed by atoms with Crippen LogP contribution in [-0.2, 0) is 0 Å². The Morgan fingerprint density at radius 1 is 1.14 bits per heavy atom. The summed E-state index contributed by atoms with van der Waals surface area (Å²) in [6.07, 6.45) is 16.8. The van der Waals surface area contributed by atoms with Gasteiger partial charge in [0.1, 0.15) is 0 Å². The average Bonchev–Trinajstić information content (AvgIpc) is 2.81. The normalized spacial score (nSPS) is 47.3. The van der Waals surface area contributed by atoms with Crippen LogP contribution >= 0.6 is 0 Å². The third-order valence-electron chi connectivity index (χ3n) is 6.78. The number of aliphatic imine (C=N–C) groups is 1. The first-order valence-corrected chi connectivity index (χ1v) is 8.93. The second kappa shape index (κ2) is 5.20. The van der Waals surface area contributed by atoms with Crippen molar-refractivity contribution < 1.29 is 0 Å². The summed E-state index contributed by atoms with van der Waals surface area (Å²) in [5, 5.41) is 4.09. The molecule has 1 N–H and O–H groups in total. The molecule has 4 aliphatic rings. The van der Waals surface area contributed by atoms with E-state index in [1.165, 1.54) is 44.9 Å². The van der Waals surface area contributed by atoms with Crippen molar-refractivity contribution in [3.8, 4) is 0 Å². The quantitative estimate of drug-likeness (QED) is 0.803. The summed E-state index contributed by atoms with van der Waals surface area (Å²) in [4.78, 5) is 7.44. The van der Waals surface area contributed by atoms with E-state index >= 15 is 0 Å². The summed E-state index contributed by atoms with van der Waals surface area (Å²) < 4.78 is 0. The van der Waals surface area contributed by atoms with Crippen molar-refractivity contribution >= 4 is 6.21 Å². The van der Waals surface area contributed by atoms with Gasteiger partial charge in [-0.25, -0.2) is 0 Å². The Balaban J connectivity index is 1.75. The fourth-order valence-corrected chi connectivity index (χ4v) is 5.78. The summed E-state index contributed by atoms with van der Waals surface area (Å²) in [7, 11) is 2.32. The lowest BCUT2D eigenvalue weighted by Gasteiger charge is -2.54. The molecule has 21 heavy (non-hydrogen) atoms. The Morgan fingerprint density at radius 3 is 2.76 bits per heavy atom. The molecule has 2 saturated carbocycles. The lowest BCUT2D eigenvalue weighted by Crippen LogP contribution is -2.65. The molecular weight excluding hydrogens is 258 g/mol. The molecule has 2 aliphatic heterocycles. The van der Waals surface area contributed by atoms with Crippen LogP contribution in [0.25, 0.3) is 0 Å². The molecule has 5 atom stereocenters. The van der Waals surface area contributed by atoms with Gasteiger partial charge in [0.2, 0.25) is 0 Å². The van der Waals surface area contributed by atoms with Crippen molar-refractivity contribution in [2.24, 2.45) is 16.8 Å². The second-order valence-electron chi connectivity index (χ2n) is 7.62. The third-order valence-corrected chi connectivity index (χ3v) is 6.78. The molecule has 0 amide bonds. The number of nitrogens with one attached hydrogen (secondary N) is 1. The molecule has 0 aromatic rings. The minimum atomic E-state index is 0.270. The maximum atomic E-state index is 4.83. The van der Waals surface area contributed by atoms with Gasteiger partial charge in [-0.05, 0) is 51.6 Å². The highest BCUT2D eigenvalue weighted by Crippen LogP contribution is 2.51. The highest BCUT2D eigenvalue weighted by atomic mass is 15.4. The second-order valence-corrected chi connectivity index (χ2v) is 7.62. The molecule has 2 aliphatic carbocycles. The van der Waals surface area contributed by atoms with Crippen molar-refractivity contribution in [2.45, 2.75) is 75.7 Å². The fourth-order valence-electron chi connectivity index (χ4n) is 5.78. The number of nitrogens with zero attached hydrogens (tertiary/aromatic N) is 2. The van der Waals surface area contributed by atoms with Crippen LogP contribution in [0.2, 0.25) is 0 Å². The van der Waals surface area contributed by atoms with E-state index in [4.69, 9.17) is 4.99 Å². The summed E-state index contributed by atoms with van der Waals surface area (Å²) >= 11 is 0. The van der Waals surface area contributed by atoms with Crippen LogP contribution in [0.5, 0.6) is 0 Å². The monoisotopic (exact) mass is 287 g/mol. The van der Waals surface area contributed by atoms with E-state index in [1.807, 2.05) is 6.21 Å². The molecule has 1 saturated heterocycles. The molecule has 3 heteroatoms. The van der Waals surface area contributed by atoms with Gasteiger partial charge >= 0.3 is 0 Å². The third kappa shape index (κ3) is 1.97. The Bertz CT molecular complexity index is 451. The zero-order valence-corrected chi connectivity index (χ0v) is 13.5. The lowest BCUT2D eigenvalue weighted by atomic mass is 9.58. The van der Waals surface area contributed by atoms with Crippen molar-refractivity contribution in [3.05, 3.63) is 12.2 Å². The zero-order valence-electron chi connectivity index (χ0n) is 13.5. The van der Waals surface area contributed by atoms with Crippen molar-refractivity contribution in [1.82, 2.24) is 10.2 Å². The van der Waals surface area contributed by atoms with Crippen molar-refractivity contribution in [3.63, 3.8) is 0 Å². The van der Waals surface area contributed by atoms with Crippen LogP contribution in [0.15, 0.2) is 17.1 Å². The first-order chi connectivity index (χ1) is 10.2. The van der Waals surface area contributed by atoms with E-state index in [-0.39, 0.29) is 5.54 Å². The fraction of sp³-hybridized carbons (Fsp3) is 0.833. The Morgan fingerprint density at radius 2 is 1.95 bits per heavy atom. The highest BCUT2D eigenvalue weighted by Gasteiger charge is 2.60. The maximum absolute atomic E-state index is 4.83. The van der Waals surface area contributed by atoms with Gasteiger partial charge in [0, 0.05) is 23.7 Å². The molecule has 0 radical (unpaired) electrons. The van der Waals surface area contributed by atoms with E-state index < -0.39 is 0 Å². The number of dihydropyridines is 1. The van der Waals surface area contributed by atoms with Crippen LogP contribution in [0.1, 0.15) is 51.9 Å². The number of hydrogen-bond donors (Lipinski definition) is 1. The predicted octanol–water partition coefficient (Wildman–Crippen LogP) is 2.97. The minimum Gasteiger partial charge on any atom is -0.294 e. The van der Waals surface area contributed by atoms with E-state index in [0.717, 1.165) is 5.92 Å². The minimum absolute atomic E-state index is 0.270. The van der Waals surface area contributed by atoms with Gasteiger partial charge in [0.15, 0.2) is 0 Å². The summed E-state index contributed by atoms with van der Waals surface area (Å²) in [6, 6.07) is 1.20. The first-order valence-electron chi connectivity index (χ1n) is 8.93. The highest BCUT2D eigenvalue weighted by molar-refractivity contribution is 5.72. The molecule has 2 heterocycles. The molecule has 3 nitrogen and oxygen atoms in total. The zero-order chi connectivity index (χ0) is 14.4. The molecule has 0 aromatic carbocycles. The SMILES string of the molecule is CC1NC2(C3CCCCC3)C3C=CC=NC3CCC2N1C. The Kier molecular flexibility index (Phi) is 3.46. The molecule has 0 bridgehead atoms. The van der Waals surface area contributed by atoms with Gasteiger partial charge in [-0.15, -0.1) is 0 Å². The van der Waals surface area contributed by atoms with Gasteiger partial charge in [-0.1, -0.05) is 25.3 Å². The summed E-state index contributed by atoms with van der Waals surface area (Å²) in [5.74, 6) is 1.42. The van der Waals surface area contributed by atoms with E-state index in [2.05, 4.69) is 36.3 Å². The standard InChI is InChI=1S/C18H29N3/c1-13-20-18(14-7-4-3-5-8-14)15-9-6-12-19-16(15)10-11-17(18)21(13)2/h6,9,12-17,20H,3-5,7-8,10-11H2,1-2H3. The van der Waals surface area contributed by atoms with Crippen molar-refractivity contribution in [2.75, 3.05) is 7.05 Å². The first kappa shape index (κ1) is 14.0. The molecule has 0 aromatic heterocycles. The van der Waals surface area contributed by atoms with E-state index in [9.17, 15) is 0 Å². The smallest absolute Gasteiger partial charge is 0.0581 e. The van der Waals surface area contributed by atoms with Crippen LogP contribution in [-0.4, -0.2) is 42.0 Å². The predicted molar refractivity (Wildman–Crippen MR) is 87.6 cm³/mol. The molecule has 3 fully saturated rings. The van der Waals surface area contributed by atoms with Crippen LogP contribution in [0.4, 0.5) is 0 Å². The number of allylic oxidation sites excluding steroid dienone is 1. The number of hydrogen-bond acceptors (Lipinski definition) is 3. The van der Waals surface area contributed by atoms with E-state index in [0.29, 0.717) is 24.2 Å². The topological polar surface area (TPSA) is 27.6 Å². The van der Waals surface area contributed by atoms with Gasteiger partial charge in [0.05, 0.1) is 12.2 Å². The van der Waals surface area contributed by atoms with Gasteiger partial charge in [0.25, 0.3) is 0 Å². The van der Waals surface area contributed by atoms with Crippen LogP contribution < -0.4 is 5.32 Å². The molecule has 116 valence electrons.